The van der Waals surface area contributed by atoms with Crippen LogP contribution in [0.15, 0.2) is 88.5 Å². The van der Waals surface area contributed by atoms with Gasteiger partial charge in [-0.1, -0.05) is 71.7 Å². The fourth-order valence-electron chi connectivity index (χ4n) is 6.22. The van der Waals surface area contributed by atoms with Gasteiger partial charge >= 0.3 is 0 Å². The smallest absolute Gasteiger partial charge is 0.204 e. The van der Waals surface area contributed by atoms with Gasteiger partial charge in [-0.15, -0.1) is 0 Å². The molecule has 3 aliphatic rings. The van der Waals surface area contributed by atoms with E-state index in [4.69, 9.17) is 0 Å². The fourth-order valence-corrected chi connectivity index (χ4v) is 6.48. The van der Waals surface area contributed by atoms with E-state index in [0.717, 1.165) is 21.4 Å². The van der Waals surface area contributed by atoms with E-state index in [1.54, 1.807) is 12.1 Å². The number of Topliss-reactive ketones (excluding diaryl/α,β-unsaturated/α-hetero) is 2. The summed E-state index contributed by atoms with van der Waals surface area (Å²) < 4.78 is 0.915. The number of benzene rings is 3. The number of nitrogens with one attached hydrogen (secondary N) is 1. The monoisotopic (exact) mass is 542 g/mol. The van der Waals surface area contributed by atoms with Crippen LogP contribution in [0.2, 0.25) is 0 Å². The van der Waals surface area contributed by atoms with Crippen LogP contribution in [0.25, 0.3) is 0 Å². The molecule has 1 heterocycles. The molecule has 0 aromatic heterocycles. The molecule has 3 aromatic carbocycles. The number of rotatable bonds is 3. The summed E-state index contributed by atoms with van der Waals surface area (Å²) in [6.45, 7) is 6.13. The Morgan fingerprint density at radius 2 is 1.58 bits per heavy atom. The Kier molecular flexibility index (Phi) is 4.92. The summed E-state index contributed by atoms with van der Waals surface area (Å²) >= 11 is 3.52. The number of carbonyl (C=O) groups excluding carboxylic acids is 2. The molecule has 0 saturated carbocycles. The molecule has 0 spiro atoms. The number of ketones is 2. The second kappa shape index (κ2) is 7.64. The highest BCUT2D eigenvalue weighted by molar-refractivity contribution is 9.10. The first-order valence-corrected chi connectivity index (χ1v) is 12.9. The average Bonchev–Trinajstić information content (AvgIpc) is 3.15. The lowest BCUT2D eigenvalue weighted by molar-refractivity contribution is -0.120. The molecule has 0 radical (unpaired) electrons. The van der Waals surface area contributed by atoms with Gasteiger partial charge in [0.1, 0.15) is 0 Å². The molecular weight excluding hydrogens is 516 g/mol. The summed E-state index contributed by atoms with van der Waals surface area (Å²) in [5.74, 6) is -0.627. The number of halogens is 1. The predicted octanol–water partition coefficient (Wildman–Crippen LogP) is 6.11. The minimum Gasteiger partial charge on any atom is -0.373 e. The zero-order valence-electron chi connectivity index (χ0n) is 20.4. The molecule has 36 heavy (non-hydrogen) atoms. The van der Waals surface area contributed by atoms with Crippen LogP contribution in [0, 0.1) is 12.3 Å². The number of fused-ring (bicyclic) bond motifs is 4. The van der Waals surface area contributed by atoms with Crippen LogP contribution in [0.4, 0.5) is 11.4 Å². The topological polar surface area (TPSA) is 69.6 Å². The van der Waals surface area contributed by atoms with Crippen molar-refractivity contribution in [3.8, 4) is 0 Å². The van der Waals surface area contributed by atoms with E-state index in [9.17, 15) is 14.7 Å². The Labute approximate surface area is 219 Å². The second-order valence-electron chi connectivity index (χ2n) is 10.9. The Bertz CT molecular complexity index is 1460. The highest BCUT2D eigenvalue weighted by Crippen LogP contribution is 2.62. The molecule has 2 atom stereocenters. The highest BCUT2D eigenvalue weighted by Gasteiger charge is 2.74. The molecule has 5 nitrogen and oxygen atoms in total. The van der Waals surface area contributed by atoms with Gasteiger partial charge in [0, 0.05) is 39.1 Å². The zero-order valence-corrected chi connectivity index (χ0v) is 22.0. The minimum absolute atomic E-state index is 0.181. The van der Waals surface area contributed by atoms with E-state index >= 15 is 0 Å². The molecule has 0 saturated heterocycles. The number of hydrogen-bond acceptors (Lipinski definition) is 5. The van der Waals surface area contributed by atoms with E-state index in [2.05, 4.69) is 35.1 Å². The first kappa shape index (κ1) is 23.2. The summed E-state index contributed by atoms with van der Waals surface area (Å²) in [5.41, 5.74) is 0.796. The molecule has 0 amide bonds. The lowest BCUT2D eigenvalue weighted by atomic mass is 9.71. The Hall–Kier alpha value is -3.22. The van der Waals surface area contributed by atoms with E-state index in [1.165, 1.54) is 0 Å². The SMILES string of the molecule is Cc1ccc(N[C@]23c4ccccc4C(=O)[C@@]2(O)C2=C(CC(C)(C)CC2=O)N3c2ccc(Br)cc2)cc1. The minimum atomic E-state index is -2.09. The molecular formula is C30H27BrN2O3. The molecule has 2 aliphatic carbocycles. The van der Waals surface area contributed by atoms with E-state index in [1.807, 2.05) is 72.5 Å². The molecule has 1 aliphatic heterocycles. The molecule has 6 rings (SSSR count). The lowest BCUT2D eigenvalue weighted by Gasteiger charge is -2.46. The quantitative estimate of drug-likeness (QED) is 0.417. The summed E-state index contributed by atoms with van der Waals surface area (Å²) in [4.78, 5) is 29.9. The highest BCUT2D eigenvalue weighted by atomic mass is 79.9. The molecule has 0 unspecified atom stereocenters. The third kappa shape index (κ3) is 2.98. The largest absolute Gasteiger partial charge is 0.373 e. The van der Waals surface area contributed by atoms with E-state index in [0.29, 0.717) is 23.2 Å². The summed E-state index contributed by atoms with van der Waals surface area (Å²) in [6, 6.07) is 22.9. The first-order valence-electron chi connectivity index (χ1n) is 12.1. The normalized spacial score (nSPS) is 26.1. The third-order valence-corrected chi connectivity index (χ3v) is 8.22. The number of aryl methyl sites for hydroxylation is 1. The van der Waals surface area contributed by atoms with Crippen LogP contribution >= 0.6 is 15.9 Å². The number of carbonyl (C=O) groups is 2. The van der Waals surface area contributed by atoms with Crippen LogP contribution < -0.4 is 10.2 Å². The van der Waals surface area contributed by atoms with Crippen LogP contribution in [0.3, 0.4) is 0 Å². The molecule has 182 valence electrons. The maximum atomic E-state index is 14.1. The second-order valence-corrected chi connectivity index (χ2v) is 11.8. The first-order chi connectivity index (χ1) is 17.1. The van der Waals surface area contributed by atoms with Crippen molar-refractivity contribution in [2.24, 2.45) is 5.41 Å². The Morgan fingerprint density at radius 3 is 2.28 bits per heavy atom. The van der Waals surface area contributed by atoms with Gasteiger partial charge < -0.3 is 15.3 Å². The van der Waals surface area contributed by atoms with Crippen molar-refractivity contribution in [2.75, 3.05) is 10.2 Å². The van der Waals surface area contributed by atoms with Gasteiger partial charge in [-0.25, -0.2) is 0 Å². The maximum Gasteiger partial charge on any atom is 0.204 e. The Balaban J connectivity index is 1.71. The maximum absolute atomic E-state index is 14.1. The van der Waals surface area contributed by atoms with Gasteiger partial charge in [-0.2, -0.15) is 0 Å². The standard InChI is InChI=1S/C30H27BrN2O3/c1-18-8-12-20(13-9-18)32-30-23-7-5-4-6-22(23)27(35)29(30,36)26-24(16-28(2,3)17-25(26)34)33(30)21-14-10-19(31)11-15-21/h4-15,32,36H,16-17H2,1-3H3/t29-,30-/m0/s1. The molecule has 3 aromatic rings. The van der Waals surface area contributed by atoms with E-state index in [-0.39, 0.29) is 23.2 Å². The third-order valence-electron chi connectivity index (χ3n) is 7.69. The number of allylic oxidation sites excluding steroid dienone is 1. The van der Waals surface area contributed by atoms with Gasteiger partial charge in [0.15, 0.2) is 11.4 Å². The fraction of sp³-hybridized carbons (Fsp3) is 0.267. The summed E-state index contributed by atoms with van der Waals surface area (Å²) in [5, 5.41) is 16.3. The lowest BCUT2D eigenvalue weighted by Crippen LogP contribution is -2.62. The van der Waals surface area contributed by atoms with Crippen molar-refractivity contribution in [3.05, 3.63) is 105 Å². The summed E-state index contributed by atoms with van der Waals surface area (Å²) in [7, 11) is 0. The van der Waals surface area contributed by atoms with Gasteiger partial charge in [0.25, 0.3) is 0 Å². The van der Waals surface area contributed by atoms with E-state index < -0.39 is 17.0 Å². The van der Waals surface area contributed by atoms with Gasteiger partial charge in [0.05, 0.1) is 5.57 Å². The number of hydrogen-bond donors (Lipinski definition) is 2. The van der Waals surface area contributed by atoms with Crippen LogP contribution in [-0.2, 0) is 10.5 Å². The molecule has 0 bridgehead atoms. The van der Waals surface area contributed by atoms with Gasteiger partial charge in [-0.3, -0.25) is 9.59 Å². The average molecular weight is 543 g/mol. The van der Waals surface area contributed by atoms with Crippen molar-refractivity contribution < 1.29 is 14.7 Å². The molecule has 6 heteroatoms. The van der Waals surface area contributed by atoms with Crippen molar-refractivity contribution in [1.82, 2.24) is 0 Å². The Morgan fingerprint density at radius 1 is 0.917 bits per heavy atom. The number of anilines is 2. The van der Waals surface area contributed by atoms with Gasteiger partial charge in [0.2, 0.25) is 11.4 Å². The van der Waals surface area contributed by atoms with Crippen LogP contribution in [0.1, 0.15) is 48.2 Å². The van der Waals surface area contributed by atoms with Crippen LogP contribution in [0.5, 0.6) is 0 Å². The van der Waals surface area contributed by atoms with Gasteiger partial charge in [-0.05, 0) is 55.2 Å². The zero-order chi connectivity index (χ0) is 25.5. The number of nitrogens with zero attached hydrogens (tertiary/aromatic N) is 1. The predicted molar refractivity (Wildman–Crippen MR) is 144 cm³/mol. The van der Waals surface area contributed by atoms with Crippen molar-refractivity contribution in [1.29, 1.82) is 0 Å². The van der Waals surface area contributed by atoms with Crippen molar-refractivity contribution >= 4 is 38.9 Å². The van der Waals surface area contributed by atoms with Crippen molar-refractivity contribution in [2.45, 2.75) is 44.9 Å². The van der Waals surface area contributed by atoms with Crippen molar-refractivity contribution in [3.63, 3.8) is 0 Å². The number of aliphatic hydroxyl groups is 1. The molecule has 0 fully saturated rings. The molecule has 2 N–H and O–H groups in total. The van der Waals surface area contributed by atoms with Crippen LogP contribution in [-0.4, -0.2) is 22.3 Å². The summed E-state index contributed by atoms with van der Waals surface area (Å²) in [6.07, 6.45) is 0.825.